The quantitative estimate of drug-likeness (QED) is 0.240. The standard InChI is InChI=1S/C28H52O12Si/c1-5-25(9-29-21-30-10-25)17-37-41(38-18-26(6-2)11-31-22-32-12-26,39-19-27(7-3)13-33-23-34-14-27)40-20-28(8-4)15-35-24-36-16-28/h5-24H2,1-4H3. The highest BCUT2D eigenvalue weighted by Crippen LogP contribution is 2.36. The van der Waals surface area contributed by atoms with Crippen LogP contribution in [0.25, 0.3) is 0 Å². The van der Waals surface area contributed by atoms with Crippen LogP contribution in [-0.2, 0) is 55.6 Å². The highest BCUT2D eigenvalue weighted by molar-refractivity contribution is 6.53. The molecule has 0 saturated carbocycles. The maximum atomic E-state index is 6.77. The third kappa shape index (κ3) is 8.90. The molecule has 0 aromatic carbocycles. The van der Waals surface area contributed by atoms with E-state index in [9.17, 15) is 0 Å². The second-order valence-electron chi connectivity index (χ2n) is 12.3. The third-order valence-electron chi connectivity index (χ3n) is 9.15. The monoisotopic (exact) mass is 608 g/mol. The van der Waals surface area contributed by atoms with Gasteiger partial charge in [0.15, 0.2) is 0 Å². The van der Waals surface area contributed by atoms with E-state index < -0.39 is 9.05 Å². The predicted octanol–water partition coefficient (Wildman–Crippen LogP) is 3.09. The third-order valence-corrected chi connectivity index (χ3v) is 11.1. The number of rotatable bonds is 16. The van der Waals surface area contributed by atoms with Crippen LogP contribution in [-0.4, -0.2) is 116 Å². The predicted molar refractivity (Wildman–Crippen MR) is 148 cm³/mol. The molecule has 240 valence electrons. The molecule has 0 atom stereocenters. The molecule has 4 aliphatic heterocycles. The Labute approximate surface area is 246 Å². The molecule has 4 aliphatic rings. The van der Waals surface area contributed by atoms with E-state index >= 15 is 0 Å². The van der Waals surface area contributed by atoms with Gasteiger partial charge in [-0.25, -0.2) is 0 Å². The molecule has 12 nitrogen and oxygen atoms in total. The molecule has 13 heteroatoms. The molecule has 4 rings (SSSR count). The Kier molecular flexibility index (Phi) is 12.8. The van der Waals surface area contributed by atoms with Crippen LogP contribution in [0.2, 0.25) is 0 Å². The Hall–Kier alpha value is -0.263. The fraction of sp³-hybridized carbons (Fsp3) is 1.00. The maximum Gasteiger partial charge on any atom is 0.679 e. The molecule has 0 amide bonds. The Morgan fingerprint density at radius 1 is 0.390 bits per heavy atom. The molecule has 4 saturated heterocycles. The zero-order valence-electron chi connectivity index (χ0n) is 25.5. The Balaban J connectivity index is 1.61. The second-order valence-corrected chi connectivity index (χ2v) is 14.5. The van der Waals surface area contributed by atoms with Crippen LogP contribution in [0.15, 0.2) is 0 Å². The summed E-state index contributed by atoms with van der Waals surface area (Å²) in [4.78, 5) is 0. The molecule has 41 heavy (non-hydrogen) atoms. The lowest BCUT2D eigenvalue weighted by atomic mass is 9.88. The van der Waals surface area contributed by atoms with Crippen molar-refractivity contribution in [3.63, 3.8) is 0 Å². The van der Waals surface area contributed by atoms with Gasteiger partial charge in [0.1, 0.15) is 27.2 Å². The van der Waals surface area contributed by atoms with Gasteiger partial charge >= 0.3 is 9.05 Å². The second kappa shape index (κ2) is 15.6. The van der Waals surface area contributed by atoms with Crippen molar-refractivity contribution in [3.8, 4) is 0 Å². The van der Waals surface area contributed by atoms with Crippen LogP contribution in [0.1, 0.15) is 53.4 Å². The van der Waals surface area contributed by atoms with E-state index in [1.165, 1.54) is 0 Å². The van der Waals surface area contributed by atoms with Crippen molar-refractivity contribution in [2.45, 2.75) is 53.4 Å². The first-order valence-electron chi connectivity index (χ1n) is 15.1. The van der Waals surface area contributed by atoms with Gasteiger partial charge in [-0.05, 0) is 25.7 Å². The van der Waals surface area contributed by atoms with Crippen molar-refractivity contribution in [3.05, 3.63) is 0 Å². The summed E-state index contributed by atoms with van der Waals surface area (Å²) in [5, 5.41) is 0. The summed E-state index contributed by atoms with van der Waals surface area (Å²) in [6, 6.07) is 0. The molecule has 4 fully saturated rings. The summed E-state index contributed by atoms with van der Waals surface area (Å²) < 4.78 is 72.7. The zero-order valence-corrected chi connectivity index (χ0v) is 26.5. The van der Waals surface area contributed by atoms with Crippen molar-refractivity contribution in [1.82, 2.24) is 0 Å². The Morgan fingerprint density at radius 3 is 0.756 bits per heavy atom. The van der Waals surface area contributed by atoms with Crippen LogP contribution in [0.5, 0.6) is 0 Å². The zero-order chi connectivity index (χ0) is 29.1. The fourth-order valence-electron chi connectivity index (χ4n) is 5.24. The van der Waals surface area contributed by atoms with Crippen molar-refractivity contribution in [2.24, 2.45) is 21.7 Å². The molecule has 0 N–H and O–H groups in total. The molecule has 0 aromatic heterocycles. The first-order valence-corrected chi connectivity index (χ1v) is 16.7. The number of hydrogen-bond acceptors (Lipinski definition) is 12. The van der Waals surface area contributed by atoms with Crippen molar-refractivity contribution >= 4 is 9.05 Å². The number of ether oxygens (including phenoxy) is 8. The van der Waals surface area contributed by atoms with E-state index in [-0.39, 0.29) is 48.8 Å². The average Bonchev–Trinajstić information content (AvgIpc) is 3.06. The SMILES string of the molecule is CCC1(CO[Si](OCC2(CC)COCOC2)(OCC2(CC)COCOC2)OCC2(CC)COCOC2)COCOC1. The highest BCUT2D eigenvalue weighted by Gasteiger charge is 2.54. The first-order chi connectivity index (χ1) is 19.9. The van der Waals surface area contributed by atoms with Crippen LogP contribution in [0.3, 0.4) is 0 Å². The largest absolute Gasteiger partial charge is 0.679 e. The summed E-state index contributed by atoms with van der Waals surface area (Å²) in [5.41, 5.74) is -1.37. The summed E-state index contributed by atoms with van der Waals surface area (Å²) >= 11 is 0. The van der Waals surface area contributed by atoms with E-state index in [4.69, 9.17) is 55.6 Å². The highest BCUT2D eigenvalue weighted by atomic mass is 28.4. The molecule has 0 unspecified atom stereocenters. The smallest absolute Gasteiger partial charge is 0.355 e. The van der Waals surface area contributed by atoms with Crippen LogP contribution < -0.4 is 0 Å². The van der Waals surface area contributed by atoms with Crippen molar-refractivity contribution in [1.29, 1.82) is 0 Å². The lowest BCUT2D eigenvalue weighted by molar-refractivity contribution is -0.208. The molecule has 0 bridgehead atoms. The molecular weight excluding hydrogens is 556 g/mol. The van der Waals surface area contributed by atoms with Crippen molar-refractivity contribution in [2.75, 3.05) is 106 Å². The van der Waals surface area contributed by atoms with E-state index in [2.05, 4.69) is 27.7 Å². The Morgan fingerprint density at radius 2 is 0.585 bits per heavy atom. The van der Waals surface area contributed by atoms with Crippen LogP contribution >= 0.6 is 0 Å². The van der Waals surface area contributed by atoms with E-state index in [1.807, 2.05) is 0 Å². The summed E-state index contributed by atoms with van der Waals surface area (Å²) in [5.74, 6) is 0. The van der Waals surface area contributed by atoms with Gasteiger partial charge in [-0.3, -0.25) is 0 Å². The van der Waals surface area contributed by atoms with Gasteiger partial charge in [0.2, 0.25) is 0 Å². The molecular formula is C28H52O12Si. The van der Waals surface area contributed by atoms with Gasteiger partial charge in [-0.15, -0.1) is 0 Å². The van der Waals surface area contributed by atoms with E-state index in [1.54, 1.807) is 0 Å². The summed E-state index contributed by atoms with van der Waals surface area (Å²) in [7, 11) is -3.83. The molecule has 0 spiro atoms. The van der Waals surface area contributed by atoms with Crippen LogP contribution in [0, 0.1) is 21.7 Å². The molecule has 0 radical (unpaired) electrons. The maximum absolute atomic E-state index is 6.77. The first kappa shape index (κ1) is 33.6. The number of hydrogen-bond donors (Lipinski definition) is 0. The van der Waals surface area contributed by atoms with E-state index in [0.717, 1.165) is 25.7 Å². The fourth-order valence-corrected chi connectivity index (χ4v) is 7.67. The van der Waals surface area contributed by atoms with Gasteiger partial charge in [-0.2, -0.15) is 0 Å². The van der Waals surface area contributed by atoms with Gasteiger partial charge in [0.05, 0.1) is 79.3 Å². The van der Waals surface area contributed by atoms with Gasteiger partial charge in [0, 0.05) is 21.7 Å². The lowest BCUT2D eigenvalue weighted by Crippen LogP contribution is -2.58. The van der Waals surface area contributed by atoms with E-state index in [0.29, 0.717) is 79.3 Å². The minimum absolute atomic E-state index is 0.283. The van der Waals surface area contributed by atoms with Crippen molar-refractivity contribution < 1.29 is 55.6 Å². The minimum atomic E-state index is -3.83. The van der Waals surface area contributed by atoms with Crippen LogP contribution in [0.4, 0.5) is 0 Å². The van der Waals surface area contributed by atoms with Gasteiger partial charge < -0.3 is 55.6 Å². The normalized spacial score (nSPS) is 26.0. The lowest BCUT2D eigenvalue weighted by Gasteiger charge is -2.43. The topological polar surface area (TPSA) is 111 Å². The summed E-state index contributed by atoms with van der Waals surface area (Å²) in [6.45, 7) is 15.0. The molecule has 0 aliphatic carbocycles. The average molecular weight is 609 g/mol. The minimum Gasteiger partial charge on any atom is -0.355 e. The van der Waals surface area contributed by atoms with Gasteiger partial charge in [0.25, 0.3) is 0 Å². The van der Waals surface area contributed by atoms with Gasteiger partial charge in [-0.1, -0.05) is 27.7 Å². The molecule has 4 heterocycles. The summed E-state index contributed by atoms with van der Waals surface area (Å²) in [6.07, 6.45) is 3.22. The molecule has 0 aromatic rings. The Bertz CT molecular complexity index is 621.